The number of aryl methyl sites for hydroxylation is 1. The van der Waals surface area contributed by atoms with Gasteiger partial charge in [0.05, 0.1) is 35.7 Å². The number of rotatable bonds is 4. The van der Waals surface area contributed by atoms with Crippen LogP contribution in [0, 0.1) is 5.82 Å². The third kappa shape index (κ3) is 3.96. The average molecular weight is 384 g/mol. The summed E-state index contributed by atoms with van der Waals surface area (Å²) in [5.74, 6) is -0.265. The molecule has 2 heterocycles. The van der Waals surface area contributed by atoms with Gasteiger partial charge in [0.2, 0.25) is 5.28 Å². The summed E-state index contributed by atoms with van der Waals surface area (Å²) in [5.41, 5.74) is 1.25. The number of hydrogen-bond acceptors (Lipinski definition) is 6. The number of benzene rings is 1. The number of carbonyl (C=O) groups excluding carboxylic acids is 1. The fourth-order valence-electron chi connectivity index (χ4n) is 2.57. The highest BCUT2D eigenvalue weighted by Crippen LogP contribution is 2.31. The van der Waals surface area contributed by atoms with Gasteiger partial charge in [0.25, 0.3) is 0 Å². The smallest absolute Gasteiger partial charge is 0.309 e. The monoisotopic (exact) mass is 383 g/mol. The van der Waals surface area contributed by atoms with E-state index in [-0.39, 0.29) is 23.2 Å². The van der Waals surface area contributed by atoms with Crippen molar-refractivity contribution in [3.05, 3.63) is 40.6 Å². The second-order valence-electron chi connectivity index (χ2n) is 5.46. The predicted octanol–water partition coefficient (Wildman–Crippen LogP) is 2.78. The number of hydrogen-bond donors (Lipinski definition) is 1. The lowest BCUT2D eigenvalue weighted by atomic mass is 10.1. The highest BCUT2D eigenvalue weighted by molar-refractivity contribution is 7.85. The number of aromatic nitrogens is 2. The van der Waals surface area contributed by atoms with Crippen LogP contribution in [0.4, 0.5) is 15.9 Å². The fraction of sp³-hybridized carbons (Fsp3) is 0.312. The van der Waals surface area contributed by atoms with Gasteiger partial charge < -0.3 is 10.1 Å². The number of carbonyl (C=O) groups is 1. The van der Waals surface area contributed by atoms with Gasteiger partial charge in [-0.05, 0) is 42.1 Å². The predicted molar refractivity (Wildman–Crippen MR) is 92.0 cm³/mol. The van der Waals surface area contributed by atoms with Crippen LogP contribution in [0.5, 0.6) is 0 Å². The Balaban J connectivity index is 1.91. The molecule has 1 N–H and O–H groups in total. The van der Waals surface area contributed by atoms with Crippen molar-refractivity contribution in [3.63, 3.8) is 0 Å². The Morgan fingerprint density at radius 3 is 2.96 bits per heavy atom. The second kappa shape index (κ2) is 7.45. The van der Waals surface area contributed by atoms with E-state index in [2.05, 4.69) is 20.0 Å². The third-order valence-electron chi connectivity index (χ3n) is 3.74. The molecule has 1 aliphatic rings. The topological polar surface area (TPSA) is 81.2 Å². The first-order chi connectivity index (χ1) is 12.0. The van der Waals surface area contributed by atoms with Crippen LogP contribution < -0.4 is 5.32 Å². The fourth-order valence-corrected chi connectivity index (χ4v) is 4.09. The van der Waals surface area contributed by atoms with E-state index in [0.29, 0.717) is 28.3 Å². The van der Waals surface area contributed by atoms with Gasteiger partial charge in [0, 0.05) is 5.75 Å². The number of nitrogens with zero attached hydrogens (tertiary/aromatic N) is 2. The number of anilines is 2. The molecule has 3 rings (SSSR count). The molecule has 25 heavy (non-hydrogen) atoms. The molecule has 1 aliphatic heterocycles. The summed E-state index contributed by atoms with van der Waals surface area (Å²) >= 11 is 5.93. The Hall–Kier alpha value is -2.06. The Labute approximate surface area is 151 Å². The molecule has 0 fully saturated rings. The van der Waals surface area contributed by atoms with Gasteiger partial charge in [-0.15, -0.1) is 0 Å². The number of nitrogens with one attached hydrogen (secondary N) is 1. The molecule has 0 bridgehead atoms. The summed E-state index contributed by atoms with van der Waals surface area (Å²) in [5, 5.41) is 2.86. The standard InChI is InChI=1S/C16H15ClFN3O3S/c1-24-13(22)8-9-4-5-11(10(18)7-9)19-15-14-12(20-16(17)21-15)3-2-6-25(14)23/h4-5,7H,2-3,6,8H2,1H3,(H,19,20,21)/t25-/m1/s1. The summed E-state index contributed by atoms with van der Waals surface area (Å²) in [6, 6.07) is 4.34. The van der Waals surface area contributed by atoms with E-state index in [1.165, 1.54) is 19.2 Å². The van der Waals surface area contributed by atoms with Crippen LogP contribution in [-0.4, -0.2) is 33.0 Å². The van der Waals surface area contributed by atoms with Gasteiger partial charge >= 0.3 is 5.97 Å². The molecule has 0 saturated carbocycles. The van der Waals surface area contributed by atoms with Crippen LogP contribution >= 0.6 is 11.6 Å². The number of esters is 1. The van der Waals surface area contributed by atoms with E-state index in [1.807, 2.05) is 0 Å². The number of ether oxygens (including phenoxy) is 1. The maximum atomic E-state index is 14.4. The Morgan fingerprint density at radius 2 is 2.24 bits per heavy atom. The first-order valence-corrected chi connectivity index (χ1v) is 9.24. The number of methoxy groups -OCH3 is 1. The van der Waals surface area contributed by atoms with Crippen LogP contribution in [-0.2, 0) is 33.2 Å². The van der Waals surface area contributed by atoms with Gasteiger partial charge in [-0.25, -0.2) is 9.37 Å². The van der Waals surface area contributed by atoms with Crippen molar-refractivity contribution in [3.8, 4) is 0 Å². The Morgan fingerprint density at radius 1 is 1.44 bits per heavy atom. The molecule has 1 atom stereocenters. The van der Waals surface area contributed by atoms with Gasteiger partial charge in [-0.1, -0.05) is 6.07 Å². The minimum Gasteiger partial charge on any atom is -0.469 e. The van der Waals surface area contributed by atoms with Crippen LogP contribution in [0.3, 0.4) is 0 Å². The van der Waals surface area contributed by atoms with Gasteiger partial charge in [0.15, 0.2) is 5.82 Å². The van der Waals surface area contributed by atoms with E-state index >= 15 is 0 Å². The first kappa shape index (κ1) is 17.8. The van der Waals surface area contributed by atoms with Crippen molar-refractivity contribution in [1.29, 1.82) is 0 Å². The molecular formula is C16H15ClFN3O3S. The molecule has 0 saturated heterocycles. The summed E-state index contributed by atoms with van der Waals surface area (Å²) in [6.45, 7) is 0. The highest BCUT2D eigenvalue weighted by atomic mass is 35.5. The molecule has 2 aromatic rings. The average Bonchev–Trinajstić information content (AvgIpc) is 2.56. The SMILES string of the molecule is COC(=O)Cc1ccc(Nc2nc(Cl)nc3c2[S@](=O)CCC3)c(F)c1. The van der Waals surface area contributed by atoms with E-state index in [1.54, 1.807) is 6.07 Å². The van der Waals surface area contributed by atoms with Crippen molar-refractivity contribution in [2.75, 3.05) is 18.2 Å². The first-order valence-electron chi connectivity index (χ1n) is 7.55. The van der Waals surface area contributed by atoms with E-state index in [0.717, 1.165) is 6.42 Å². The van der Waals surface area contributed by atoms with Gasteiger partial charge in [0.1, 0.15) is 10.7 Å². The van der Waals surface area contributed by atoms with Crippen LogP contribution in [0.15, 0.2) is 23.1 Å². The normalized spacial score (nSPS) is 16.2. The molecule has 0 unspecified atom stereocenters. The molecular weight excluding hydrogens is 369 g/mol. The summed E-state index contributed by atoms with van der Waals surface area (Å²) in [7, 11) is 0.0161. The molecule has 9 heteroatoms. The molecule has 6 nitrogen and oxygen atoms in total. The molecule has 1 aromatic carbocycles. The van der Waals surface area contributed by atoms with E-state index < -0.39 is 22.6 Å². The lowest BCUT2D eigenvalue weighted by Crippen LogP contribution is -2.16. The van der Waals surface area contributed by atoms with Crippen molar-refractivity contribution >= 4 is 39.9 Å². The third-order valence-corrected chi connectivity index (χ3v) is 5.45. The zero-order valence-electron chi connectivity index (χ0n) is 13.3. The maximum absolute atomic E-state index is 14.4. The highest BCUT2D eigenvalue weighted by Gasteiger charge is 2.24. The second-order valence-corrected chi connectivity index (χ2v) is 7.31. The quantitative estimate of drug-likeness (QED) is 0.646. The zero-order valence-corrected chi connectivity index (χ0v) is 14.9. The minimum absolute atomic E-state index is 0.0165. The lowest BCUT2D eigenvalue weighted by Gasteiger charge is -2.18. The summed E-state index contributed by atoms with van der Waals surface area (Å²) < 4.78 is 31.2. The molecule has 0 aliphatic carbocycles. The summed E-state index contributed by atoms with van der Waals surface area (Å²) in [6.07, 6.45) is 1.38. The van der Waals surface area contributed by atoms with Crippen LogP contribution in [0.2, 0.25) is 5.28 Å². The van der Waals surface area contributed by atoms with Crippen molar-refractivity contribution < 1.29 is 18.1 Å². The van der Waals surface area contributed by atoms with E-state index in [4.69, 9.17) is 11.6 Å². The number of halogens is 2. The molecule has 1 aromatic heterocycles. The summed E-state index contributed by atoms with van der Waals surface area (Å²) in [4.78, 5) is 19.9. The zero-order chi connectivity index (χ0) is 18.0. The largest absolute Gasteiger partial charge is 0.469 e. The van der Waals surface area contributed by atoms with Gasteiger partial charge in [-0.3, -0.25) is 9.00 Å². The van der Waals surface area contributed by atoms with Crippen LogP contribution in [0.1, 0.15) is 17.7 Å². The Bertz CT molecular complexity index is 863. The minimum atomic E-state index is -1.26. The van der Waals surface area contributed by atoms with Crippen molar-refractivity contribution in [2.45, 2.75) is 24.2 Å². The molecule has 0 amide bonds. The van der Waals surface area contributed by atoms with Gasteiger partial charge in [-0.2, -0.15) is 4.98 Å². The lowest BCUT2D eigenvalue weighted by molar-refractivity contribution is -0.139. The molecule has 0 radical (unpaired) electrons. The Kier molecular flexibility index (Phi) is 5.29. The molecule has 0 spiro atoms. The maximum Gasteiger partial charge on any atom is 0.309 e. The van der Waals surface area contributed by atoms with E-state index in [9.17, 15) is 13.4 Å². The number of fused-ring (bicyclic) bond motifs is 1. The van der Waals surface area contributed by atoms with Crippen molar-refractivity contribution in [1.82, 2.24) is 9.97 Å². The molecule has 132 valence electrons. The van der Waals surface area contributed by atoms with Crippen molar-refractivity contribution in [2.24, 2.45) is 0 Å². The van der Waals surface area contributed by atoms with Crippen LogP contribution in [0.25, 0.3) is 0 Å².